The molecule has 0 aliphatic carbocycles. The van der Waals surface area contributed by atoms with Gasteiger partial charge in [-0.25, -0.2) is 0 Å². The van der Waals surface area contributed by atoms with Crippen LogP contribution in [0.1, 0.15) is 71.1 Å². The van der Waals surface area contributed by atoms with Crippen LogP contribution in [0, 0.1) is 11.3 Å². The molecule has 3 fully saturated rings. The van der Waals surface area contributed by atoms with E-state index in [1.807, 2.05) is 19.1 Å². The number of amides is 4. The van der Waals surface area contributed by atoms with Crippen LogP contribution in [0.4, 0.5) is 35.9 Å². The lowest BCUT2D eigenvalue weighted by Gasteiger charge is -2.46. The van der Waals surface area contributed by atoms with Crippen LogP contribution in [-0.2, 0) is 31.8 Å². The van der Waals surface area contributed by atoms with Crippen LogP contribution in [0.3, 0.4) is 0 Å². The molecule has 0 spiro atoms. The number of carbonyl (C=O) groups excluding carboxylic acids is 4. The van der Waals surface area contributed by atoms with Crippen molar-refractivity contribution >= 4 is 63.7 Å². The van der Waals surface area contributed by atoms with Crippen molar-refractivity contribution in [3.05, 3.63) is 77.4 Å². The topological polar surface area (TPSA) is 150 Å². The molecule has 3 saturated heterocycles. The smallest absolute Gasteiger partial charge is 0.417 e. The van der Waals surface area contributed by atoms with Gasteiger partial charge in [0.1, 0.15) is 23.9 Å². The van der Waals surface area contributed by atoms with Crippen LogP contribution in [-0.4, -0.2) is 94.5 Å². The Labute approximate surface area is 352 Å². The first-order valence-corrected chi connectivity index (χ1v) is 20.3. The third-order valence-corrected chi connectivity index (χ3v) is 11.7. The van der Waals surface area contributed by atoms with Crippen molar-refractivity contribution in [2.75, 3.05) is 46.7 Å². The van der Waals surface area contributed by atoms with E-state index in [0.29, 0.717) is 55.3 Å². The summed E-state index contributed by atoms with van der Waals surface area (Å²) in [6.07, 6.45) is -3.55. The van der Waals surface area contributed by atoms with Gasteiger partial charge in [-0.15, -0.1) is 0 Å². The standard InChI is InChI=1S/C43H49F3N8O5S/c1-7-28-17-33(54-41(60)53(40(58)42(54,5)6)32-12-11-29(20-47)34(19-32)43(44,45)46)13-15-36(28)59-24-27(4)51-21-25(2)52(26(3)22-51)23-38(56)49-31-10-8-9-30(18-31)48-35-14-16-37(55)50-39(35)57/h8-13,15,17-19,25-27,35,48H,7,14,16,21-24H2,1-6H3,(H,49,56)(H,50,55,57)/t25-,26+,27?,35?. The minimum atomic E-state index is -4.80. The first-order chi connectivity index (χ1) is 28.3. The SMILES string of the molecule is CCc1cc(N2C(=S)N(c3ccc(C#N)c(C(F)(F)F)c3)C(=O)C2(C)C)ccc1OCC(C)N1C[C@@H](C)N(CC(=O)Nc2cccc(NC3CCC(=O)NC3=O)c2)[C@@H](C)C1. The summed E-state index contributed by atoms with van der Waals surface area (Å²) in [6.45, 7) is 13.6. The highest BCUT2D eigenvalue weighted by Crippen LogP contribution is 2.41. The van der Waals surface area contributed by atoms with Crippen molar-refractivity contribution in [3.63, 3.8) is 0 Å². The Balaban J connectivity index is 1.05. The quantitative estimate of drug-likeness (QED) is 0.144. The van der Waals surface area contributed by atoms with Crippen molar-refractivity contribution in [3.8, 4) is 11.8 Å². The fourth-order valence-electron chi connectivity index (χ4n) is 8.05. The molecule has 6 rings (SSSR count). The summed E-state index contributed by atoms with van der Waals surface area (Å²) in [4.78, 5) is 57.9. The highest BCUT2D eigenvalue weighted by Gasteiger charge is 2.51. The molecule has 318 valence electrons. The molecule has 2 unspecified atom stereocenters. The fourth-order valence-corrected chi connectivity index (χ4v) is 8.57. The van der Waals surface area contributed by atoms with Crippen LogP contribution in [0.15, 0.2) is 60.7 Å². The molecule has 3 aliphatic rings. The van der Waals surface area contributed by atoms with E-state index in [4.69, 9.17) is 17.0 Å². The molecule has 17 heteroatoms. The second kappa shape index (κ2) is 17.6. The highest BCUT2D eigenvalue weighted by atomic mass is 32.1. The van der Waals surface area contributed by atoms with E-state index in [-0.39, 0.29) is 59.6 Å². The van der Waals surface area contributed by atoms with Gasteiger partial charge in [-0.1, -0.05) is 13.0 Å². The molecule has 3 N–H and O–H groups in total. The van der Waals surface area contributed by atoms with Crippen molar-refractivity contribution in [2.24, 2.45) is 0 Å². The second-order valence-corrected chi connectivity index (χ2v) is 16.4. The number of carbonyl (C=O) groups is 4. The Bertz CT molecular complexity index is 2220. The van der Waals surface area contributed by atoms with Crippen molar-refractivity contribution in [1.82, 2.24) is 15.1 Å². The third kappa shape index (κ3) is 9.25. The number of hydrogen-bond acceptors (Lipinski definition) is 10. The van der Waals surface area contributed by atoms with Gasteiger partial charge in [0, 0.05) is 54.7 Å². The molecule has 13 nitrogen and oxygen atoms in total. The van der Waals surface area contributed by atoms with E-state index in [0.717, 1.165) is 22.6 Å². The van der Waals surface area contributed by atoms with Crippen molar-refractivity contribution in [2.45, 2.75) is 96.7 Å². The first kappa shape index (κ1) is 44.0. The van der Waals surface area contributed by atoms with Gasteiger partial charge in [-0.05, 0) is 120 Å². The highest BCUT2D eigenvalue weighted by molar-refractivity contribution is 7.81. The molecular weight excluding hydrogens is 798 g/mol. The minimum absolute atomic E-state index is 0.0144. The second-order valence-electron chi connectivity index (χ2n) is 16.1. The van der Waals surface area contributed by atoms with Crippen LogP contribution in [0.25, 0.3) is 0 Å². The van der Waals surface area contributed by atoms with Crippen molar-refractivity contribution < 1.29 is 37.1 Å². The number of thiocarbonyl (C=S) groups is 1. The van der Waals surface area contributed by atoms with Crippen LogP contribution in [0.5, 0.6) is 5.75 Å². The van der Waals surface area contributed by atoms with Gasteiger partial charge in [0.15, 0.2) is 5.11 Å². The summed E-state index contributed by atoms with van der Waals surface area (Å²) >= 11 is 5.74. The molecule has 0 aromatic heterocycles. The van der Waals surface area contributed by atoms with E-state index in [2.05, 4.69) is 46.5 Å². The first-order valence-electron chi connectivity index (χ1n) is 19.9. The van der Waals surface area contributed by atoms with Crippen LogP contribution >= 0.6 is 12.2 Å². The monoisotopic (exact) mass is 846 g/mol. The van der Waals surface area contributed by atoms with Gasteiger partial charge in [-0.3, -0.25) is 39.2 Å². The molecule has 3 aromatic carbocycles. The van der Waals surface area contributed by atoms with Crippen molar-refractivity contribution in [1.29, 1.82) is 5.26 Å². The summed E-state index contributed by atoms with van der Waals surface area (Å²) in [7, 11) is 0. The lowest BCUT2D eigenvalue weighted by atomic mass is 10.0. The number of nitrogens with one attached hydrogen (secondary N) is 3. The number of anilines is 4. The number of nitrogens with zero attached hydrogens (tertiary/aromatic N) is 5. The summed E-state index contributed by atoms with van der Waals surface area (Å²) in [5.74, 6) is -0.661. The van der Waals surface area contributed by atoms with E-state index in [1.54, 1.807) is 55.1 Å². The molecule has 0 saturated carbocycles. The normalized spacial score (nSPS) is 21.7. The predicted molar refractivity (Wildman–Crippen MR) is 226 cm³/mol. The zero-order chi connectivity index (χ0) is 43.7. The molecular formula is C43H49F3N8O5S. The van der Waals surface area contributed by atoms with Gasteiger partial charge >= 0.3 is 6.18 Å². The lowest BCUT2D eigenvalue weighted by molar-refractivity contribution is -0.138. The molecule has 4 atom stereocenters. The minimum Gasteiger partial charge on any atom is -0.492 e. The number of hydrogen-bond donors (Lipinski definition) is 3. The van der Waals surface area contributed by atoms with E-state index in [9.17, 15) is 37.6 Å². The summed E-state index contributed by atoms with van der Waals surface area (Å²) in [5, 5.41) is 17.7. The van der Waals surface area contributed by atoms with Gasteiger partial charge < -0.3 is 20.3 Å². The zero-order valence-electron chi connectivity index (χ0n) is 34.4. The summed E-state index contributed by atoms with van der Waals surface area (Å²) in [5.41, 5.74) is -0.305. The number of alkyl halides is 3. The number of halogens is 3. The lowest BCUT2D eigenvalue weighted by Crippen LogP contribution is -2.60. The Morgan fingerprint density at radius 2 is 1.72 bits per heavy atom. The summed E-state index contributed by atoms with van der Waals surface area (Å²) in [6, 6.07) is 16.9. The molecule has 4 amide bonds. The molecule has 0 bridgehead atoms. The average Bonchev–Trinajstić information content (AvgIpc) is 3.37. The van der Waals surface area contributed by atoms with Gasteiger partial charge in [0.05, 0.1) is 29.4 Å². The predicted octanol–water partition coefficient (Wildman–Crippen LogP) is 6.07. The Kier molecular flexibility index (Phi) is 12.9. The third-order valence-electron chi connectivity index (χ3n) is 11.3. The van der Waals surface area contributed by atoms with E-state index >= 15 is 0 Å². The fraction of sp³-hybridized carbons (Fsp3) is 0.442. The number of piperidine rings is 1. The Morgan fingerprint density at radius 1 is 1.03 bits per heavy atom. The number of aryl methyl sites for hydroxylation is 1. The maximum absolute atomic E-state index is 13.8. The number of nitriles is 1. The number of rotatable bonds is 12. The molecule has 3 heterocycles. The van der Waals surface area contributed by atoms with E-state index in [1.165, 1.54) is 6.07 Å². The van der Waals surface area contributed by atoms with Gasteiger partial charge in [0.2, 0.25) is 17.7 Å². The number of imide groups is 1. The Hall–Kier alpha value is -5.57. The van der Waals surface area contributed by atoms with Gasteiger partial charge in [-0.2, -0.15) is 18.4 Å². The zero-order valence-corrected chi connectivity index (χ0v) is 35.2. The number of ether oxygens (including phenoxy) is 1. The molecule has 3 aromatic rings. The Morgan fingerprint density at radius 3 is 2.37 bits per heavy atom. The largest absolute Gasteiger partial charge is 0.492 e. The van der Waals surface area contributed by atoms with E-state index < -0.39 is 34.8 Å². The number of piperazine rings is 1. The molecule has 60 heavy (non-hydrogen) atoms. The molecule has 0 radical (unpaired) electrons. The van der Waals surface area contributed by atoms with Crippen LogP contribution < -0.4 is 30.5 Å². The maximum atomic E-state index is 13.8. The van der Waals surface area contributed by atoms with Crippen LogP contribution in [0.2, 0.25) is 0 Å². The number of benzene rings is 3. The average molecular weight is 847 g/mol. The molecule has 3 aliphatic heterocycles. The summed E-state index contributed by atoms with van der Waals surface area (Å²) < 4.78 is 47.8. The van der Waals surface area contributed by atoms with Gasteiger partial charge in [0.25, 0.3) is 5.91 Å². The maximum Gasteiger partial charge on any atom is 0.417 e.